The van der Waals surface area contributed by atoms with Crippen molar-refractivity contribution in [1.29, 1.82) is 0 Å². The molecule has 3 rings (SSSR count). The van der Waals surface area contributed by atoms with Gasteiger partial charge in [0, 0.05) is 5.75 Å². The van der Waals surface area contributed by atoms with Crippen molar-refractivity contribution >= 4 is 12.6 Å². The maximum Gasteiger partial charge on any atom is 0.190 e. The summed E-state index contributed by atoms with van der Waals surface area (Å²) in [6.07, 6.45) is -0.804. The highest BCUT2D eigenvalue weighted by Gasteiger charge is 2.54. The Labute approximate surface area is 124 Å². The normalized spacial score (nSPS) is 35.1. The monoisotopic (exact) mass is 296 g/mol. The molecular formula is C15H20O4S. The molecule has 0 amide bonds. The molecular weight excluding hydrogens is 276 g/mol. The van der Waals surface area contributed by atoms with Crippen LogP contribution in [0, 0.1) is 0 Å². The Morgan fingerprint density at radius 3 is 2.65 bits per heavy atom. The Hall–Kier alpha value is -0.590. The van der Waals surface area contributed by atoms with E-state index in [0.29, 0.717) is 12.4 Å². The van der Waals surface area contributed by atoms with Gasteiger partial charge in [0.15, 0.2) is 12.1 Å². The quantitative estimate of drug-likeness (QED) is 0.866. The van der Waals surface area contributed by atoms with Crippen molar-refractivity contribution < 1.29 is 18.9 Å². The molecule has 0 aromatic heterocycles. The van der Waals surface area contributed by atoms with Crippen LogP contribution >= 0.6 is 12.6 Å². The molecule has 0 unspecified atom stereocenters. The number of hydrogen-bond acceptors (Lipinski definition) is 5. The minimum absolute atomic E-state index is 0.104. The van der Waals surface area contributed by atoms with Crippen LogP contribution in [0.15, 0.2) is 30.3 Å². The number of rotatable bonds is 4. The van der Waals surface area contributed by atoms with Crippen molar-refractivity contribution in [2.45, 2.75) is 50.8 Å². The molecule has 2 aliphatic rings. The van der Waals surface area contributed by atoms with Crippen molar-refractivity contribution in [3.63, 3.8) is 0 Å². The zero-order chi connectivity index (χ0) is 14.2. The van der Waals surface area contributed by atoms with Crippen LogP contribution in [0.4, 0.5) is 0 Å². The minimum Gasteiger partial charge on any atom is -0.368 e. The van der Waals surface area contributed by atoms with E-state index in [1.165, 1.54) is 0 Å². The van der Waals surface area contributed by atoms with Crippen LogP contribution in [0.25, 0.3) is 0 Å². The van der Waals surface area contributed by atoms with E-state index in [1.807, 2.05) is 44.2 Å². The fraction of sp³-hybridized carbons (Fsp3) is 0.600. The third-order valence-corrected chi connectivity index (χ3v) is 3.91. The summed E-state index contributed by atoms with van der Waals surface area (Å²) in [6.45, 7) is 4.31. The van der Waals surface area contributed by atoms with E-state index < -0.39 is 5.79 Å². The molecule has 110 valence electrons. The van der Waals surface area contributed by atoms with Crippen LogP contribution in [0.5, 0.6) is 0 Å². The molecule has 0 radical (unpaired) electrons. The molecule has 4 atom stereocenters. The lowest BCUT2D eigenvalue weighted by molar-refractivity contribution is -0.216. The summed E-state index contributed by atoms with van der Waals surface area (Å²) < 4.78 is 23.5. The van der Waals surface area contributed by atoms with Gasteiger partial charge in [-0.25, -0.2) is 0 Å². The SMILES string of the molecule is CC1(C)O[C@H]2O[C@H](CS)[C@H](OCc3ccccc3)[C@H]2O1. The predicted molar refractivity (Wildman–Crippen MR) is 77.6 cm³/mol. The maximum absolute atomic E-state index is 6.02. The summed E-state index contributed by atoms with van der Waals surface area (Å²) >= 11 is 4.33. The fourth-order valence-corrected chi connectivity index (χ4v) is 2.96. The molecule has 2 heterocycles. The minimum atomic E-state index is -0.620. The number of hydrogen-bond donors (Lipinski definition) is 1. The van der Waals surface area contributed by atoms with Gasteiger partial charge in [-0.3, -0.25) is 0 Å². The second-order valence-corrected chi connectivity index (χ2v) is 5.95. The van der Waals surface area contributed by atoms with Gasteiger partial charge in [0.25, 0.3) is 0 Å². The smallest absolute Gasteiger partial charge is 0.190 e. The summed E-state index contributed by atoms with van der Waals surface area (Å²) in [7, 11) is 0. The summed E-state index contributed by atoms with van der Waals surface area (Å²) in [6, 6.07) is 10.1. The van der Waals surface area contributed by atoms with Crippen molar-refractivity contribution in [1.82, 2.24) is 0 Å². The molecule has 20 heavy (non-hydrogen) atoms. The van der Waals surface area contributed by atoms with Crippen LogP contribution in [-0.2, 0) is 25.6 Å². The largest absolute Gasteiger partial charge is 0.368 e. The number of fused-ring (bicyclic) bond motifs is 1. The molecule has 0 saturated carbocycles. The van der Waals surface area contributed by atoms with E-state index in [0.717, 1.165) is 5.56 Å². The van der Waals surface area contributed by atoms with Crippen LogP contribution in [0.1, 0.15) is 19.4 Å². The maximum atomic E-state index is 6.02. The molecule has 5 heteroatoms. The molecule has 0 N–H and O–H groups in total. The standard InChI is InChI=1S/C15H20O4S/c1-15(2)18-13-12(11(9-20)17-14(13)19-15)16-8-10-6-4-3-5-7-10/h3-7,11-14,20H,8-9H2,1-2H3/t11-,12+,13-,14-/m1/s1. The van der Waals surface area contributed by atoms with E-state index in [9.17, 15) is 0 Å². The van der Waals surface area contributed by atoms with Crippen molar-refractivity contribution in [3.8, 4) is 0 Å². The van der Waals surface area contributed by atoms with Crippen molar-refractivity contribution in [2.24, 2.45) is 0 Å². The zero-order valence-electron chi connectivity index (χ0n) is 11.7. The van der Waals surface area contributed by atoms with Gasteiger partial charge in [0.2, 0.25) is 0 Å². The summed E-state index contributed by atoms with van der Waals surface area (Å²) in [5.74, 6) is -0.0368. The van der Waals surface area contributed by atoms with Crippen LogP contribution in [-0.4, -0.2) is 36.1 Å². The van der Waals surface area contributed by atoms with Crippen molar-refractivity contribution in [2.75, 3.05) is 5.75 Å². The highest BCUT2D eigenvalue weighted by atomic mass is 32.1. The molecule has 0 spiro atoms. The summed E-state index contributed by atoms with van der Waals surface area (Å²) in [4.78, 5) is 0. The average Bonchev–Trinajstić information content (AvgIpc) is 2.89. The lowest BCUT2D eigenvalue weighted by Gasteiger charge is -2.25. The molecule has 2 aliphatic heterocycles. The molecule has 1 aromatic carbocycles. The number of thiol groups is 1. The van der Waals surface area contributed by atoms with E-state index >= 15 is 0 Å². The van der Waals surface area contributed by atoms with Gasteiger partial charge in [-0.15, -0.1) is 0 Å². The topological polar surface area (TPSA) is 36.9 Å². The molecule has 0 aliphatic carbocycles. The summed E-state index contributed by atoms with van der Waals surface area (Å²) in [5.41, 5.74) is 1.13. The van der Waals surface area contributed by atoms with E-state index in [1.54, 1.807) is 0 Å². The molecule has 2 fully saturated rings. The second-order valence-electron chi connectivity index (χ2n) is 5.59. The van der Waals surface area contributed by atoms with Gasteiger partial charge in [0.05, 0.1) is 12.7 Å². The van der Waals surface area contributed by atoms with Crippen LogP contribution in [0.3, 0.4) is 0 Å². The van der Waals surface area contributed by atoms with Gasteiger partial charge in [-0.2, -0.15) is 12.6 Å². The van der Waals surface area contributed by atoms with Gasteiger partial charge < -0.3 is 18.9 Å². The number of benzene rings is 1. The first-order chi connectivity index (χ1) is 9.59. The Morgan fingerprint density at radius 1 is 1.20 bits per heavy atom. The molecule has 0 bridgehead atoms. The average molecular weight is 296 g/mol. The Morgan fingerprint density at radius 2 is 1.95 bits per heavy atom. The van der Waals surface area contributed by atoms with E-state index in [4.69, 9.17) is 18.9 Å². The Balaban J connectivity index is 1.67. The summed E-state index contributed by atoms with van der Waals surface area (Å²) in [5, 5.41) is 0. The third-order valence-electron chi connectivity index (χ3n) is 3.55. The molecule has 4 nitrogen and oxygen atoms in total. The van der Waals surface area contributed by atoms with Gasteiger partial charge in [-0.1, -0.05) is 30.3 Å². The fourth-order valence-electron chi connectivity index (χ4n) is 2.66. The van der Waals surface area contributed by atoms with E-state index in [2.05, 4.69) is 12.6 Å². The Bertz CT molecular complexity index is 450. The Kier molecular flexibility index (Phi) is 4.06. The third kappa shape index (κ3) is 2.87. The van der Waals surface area contributed by atoms with E-state index in [-0.39, 0.29) is 24.6 Å². The highest BCUT2D eigenvalue weighted by Crippen LogP contribution is 2.39. The first kappa shape index (κ1) is 14.4. The van der Waals surface area contributed by atoms with Gasteiger partial charge >= 0.3 is 0 Å². The first-order valence-corrected chi connectivity index (χ1v) is 7.50. The number of ether oxygens (including phenoxy) is 4. The van der Waals surface area contributed by atoms with Crippen molar-refractivity contribution in [3.05, 3.63) is 35.9 Å². The van der Waals surface area contributed by atoms with Gasteiger partial charge in [0.1, 0.15) is 12.2 Å². The van der Waals surface area contributed by atoms with Crippen LogP contribution < -0.4 is 0 Å². The predicted octanol–water partition coefficient (Wildman–Crippen LogP) is 2.38. The van der Waals surface area contributed by atoms with Crippen LogP contribution in [0.2, 0.25) is 0 Å². The lowest BCUT2D eigenvalue weighted by Crippen LogP contribution is -2.37. The highest BCUT2D eigenvalue weighted by molar-refractivity contribution is 7.80. The lowest BCUT2D eigenvalue weighted by atomic mass is 10.1. The van der Waals surface area contributed by atoms with Gasteiger partial charge in [-0.05, 0) is 19.4 Å². The second kappa shape index (κ2) is 5.66. The molecule has 1 aromatic rings. The first-order valence-electron chi connectivity index (χ1n) is 6.86. The zero-order valence-corrected chi connectivity index (χ0v) is 12.6. The molecule has 2 saturated heterocycles.